The topological polar surface area (TPSA) is 92.5 Å². The minimum absolute atomic E-state index is 0.0606. The lowest BCUT2D eigenvalue weighted by Crippen LogP contribution is -2.16. The monoisotopic (exact) mass is 294 g/mol. The summed E-state index contributed by atoms with van der Waals surface area (Å²) in [4.78, 5) is 21.7. The molecule has 0 fully saturated rings. The van der Waals surface area contributed by atoms with Crippen LogP contribution in [0, 0.1) is 16.0 Å². The number of aromatic carboxylic acids is 1. The zero-order valence-electron chi connectivity index (χ0n) is 12.5. The first kappa shape index (κ1) is 16.9. The minimum atomic E-state index is -1.16. The summed E-state index contributed by atoms with van der Waals surface area (Å²) in [6.07, 6.45) is 4.18. The Bertz CT molecular complexity index is 470. The fourth-order valence-corrected chi connectivity index (χ4v) is 2.25. The van der Waals surface area contributed by atoms with Crippen molar-refractivity contribution in [3.05, 3.63) is 33.9 Å². The summed E-state index contributed by atoms with van der Waals surface area (Å²) in [5, 5.41) is 23.2. The number of benzene rings is 1. The molecule has 116 valence electrons. The van der Waals surface area contributed by atoms with Crippen LogP contribution in [0.1, 0.15) is 49.9 Å². The van der Waals surface area contributed by atoms with Crippen LogP contribution in [-0.4, -0.2) is 22.5 Å². The van der Waals surface area contributed by atoms with E-state index in [0.717, 1.165) is 25.7 Å². The molecule has 0 saturated carbocycles. The van der Waals surface area contributed by atoms with Gasteiger partial charge in [-0.3, -0.25) is 10.1 Å². The van der Waals surface area contributed by atoms with Crippen LogP contribution in [0.3, 0.4) is 0 Å². The standard InChI is InChI=1S/C15H22N2O4/c1-3-5-7-11(4-2)10-16-14-12(15(18)19)8-6-9-13(14)17(20)21/h6,8-9,11,16H,3-5,7,10H2,1-2H3,(H,18,19). The van der Waals surface area contributed by atoms with E-state index in [-0.39, 0.29) is 16.9 Å². The lowest BCUT2D eigenvalue weighted by molar-refractivity contribution is -0.384. The Morgan fingerprint density at radius 2 is 2.14 bits per heavy atom. The van der Waals surface area contributed by atoms with Crippen LogP contribution >= 0.6 is 0 Å². The number of carbonyl (C=O) groups is 1. The van der Waals surface area contributed by atoms with Crippen molar-refractivity contribution in [3.63, 3.8) is 0 Å². The quantitative estimate of drug-likeness (QED) is 0.532. The summed E-state index contributed by atoms with van der Waals surface area (Å²) in [5.41, 5.74) is -0.153. The molecule has 1 aromatic carbocycles. The van der Waals surface area contributed by atoms with Gasteiger partial charge in [0.2, 0.25) is 0 Å². The predicted octanol–water partition coefficient (Wildman–Crippen LogP) is 3.92. The number of nitrogens with zero attached hydrogens (tertiary/aromatic N) is 1. The van der Waals surface area contributed by atoms with Crippen molar-refractivity contribution in [2.24, 2.45) is 5.92 Å². The second-order valence-corrected chi connectivity index (χ2v) is 5.06. The molecule has 1 unspecified atom stereocenters. The Hall–Kier alpha value is -2.11. The van der Waals surface area contributed by atoms with Crippen molar-refractivity contribution in [2.45, 2.75) is 39.5 Å². The van der Waals surface area contributed by atoms with Crippen LogP contribution in [-0.2, 0) is 0 Å². The first-order valence-electron chi connectivity index (χ1n) is 7.25. The largest absolute Gasteiger partial charge is 0.478 e. The fraction of sp³-hybridized carbons (Fsp3) is 0.533. The molecule has 0 aliphatic heterocycles. The molecule has 6 nitrogen and oxygen atoms in total. The number of anilines is 1. The average Bonchev–Trinajstić information content (AvgIpc) is 2.46. The number of carboxylic acid groups (broad SMARTS) is 1. The Morgan fingerprint density at radius 3 is 2.67 bits per heavy atom. The number of para-hydroxylation sites is 1. The van der Waals surface area contributed by atoms with Gasteiger partial charge in [-0.25, -0.2) is 4.79 Å². The number of nitrogens with one attached hydrogen (secondary N) is 1. The molecule has 0 aliphatic carbocycles. The van der Waals surface area contributed by atoms with Crippen LogP contribution < -0.4 is 5.32 Å². The third-order valence-corrected chi connectivity index (χ3v) is 3.58. The maximum Gasteiger partial charge on any atom is 0.338 e. The predicted molar refractivity (Wildman–Crippen MR) is 81.9 cm³/mol. The second-order valence-electron chi connectivity index (χ2n) is 5.06. The van der Waals surface area contributed by atoms with E-state index in [4.69, 9.17) is 0 Å². The zero-order chi connectivity index (χ0) is 15.8. The van der Waals surface area contributed by atoms with E-state index in [1.54, 1.807) is 0 Å². The van der Waals surface area contributed by atoms with Crippen LogP contribution in [0.4, 0.5) is 11.4 Å². The molecule has 0 aromatic heterocycles. The van der Waals surface area contributed by atoms with Gasteiger partial charge < -0.3 is 10.4 Å². The Morgan fingerprint density at radius 1 is 1.43 bits per heavy atom. The number of carboxylic acids is 1. The summed E-state index contributed by atoms with van der Waals surface area (Å²) in [6, 6.07) is 4.09. The number of hydrogen-bond acceptors (Lipinski definition) is 4. The molecule has 0 bridgehead atoms. The van der Waals surface area contributed by atoms with Crippen LogP contribution in [0.15, 0.2) is 18.2 Å². The van der Waals surface area contributed by atoms with Gasteiger partial charge >= 0.3 is 5.97 Å². The molecule has 0 amide bonds. The number of hydrogen-bond donors (Lipinski definition) is 2. The molecular weight excluding hydrogens is 272 g/mol. The molecule has 2 N–H and O–H groups in total. The van der Waals surface area contributed by atoms with E-state index in [1.165, 1.54) is 18.2 Å². The lowest BCUT2D eigenvalue weighted by atomic mass is 9.99. The van der Waals surface area contributed by atoms with Gasteiger partial charge in [0.15, 0.2) is 0 Å². The van der Waals surface area contributed by atoms with Gasteiger partial charge in [-0.15, -0.1) is 0 Å². The molecule has 6 heteroatoms. The normalized spacial score (nSPS) is 11.9. The summed E-state index contributed by atoms with van der Waals surface area (Å²) >= 11 is 0. The van der Waals surface area contributed by atoms with E-state index in [1.807, 2.05) is 0 Å². The molecule has 1 rings (SSSR count). The zero-order valence-corrected chi connectivity index (χ0v) is 12.5. The maximum absolute atomic E-state index is 11.2. The van der Waals surface area contributed by atoms with Crippen LogP contribution in [0.2, 0.25) is 0 Å². The SMILES string of the molecule is CCCCC(CC)CNc1c(C(=O)O)cccc1[N+](=O)[O-]. The molecule has 0 saturated heterocycles. The first-order chi connectivity index (χ1) is 10.0. The van der Waals surface area contributed by atoms with Crippen molar-refractivity contribution in [1.29, 1.82) is 0 Å². The van der Waals surface area contributed by atoms with E-state index in [0.29, 0.717) is 12.5 Å². The van der Waals surface area contributed by atoms with Crippen molar-refractivity contribution < 1.29 is 14.8 Å². The van der Waals surface area contributed by atoms with E-state index >= 15 is 0 Å². The number of unbranched alkanes of at least 4 members (excludes halogenated alkanes) is 1. The fourth-order valence-electron chi connectivity index (χ4n) is 2.25. The lowest BCUT2D eigenvalue weighted by Gasteiger charge is -2.17. The van der Waals surface area contributed by atoms with Gasteiger partial charge in [0.25, 0.3) is 5.69 Å². The molecule has 1 atom stereocenters. The van der Waals surface area contributed by atoms with E-state index in [9.17, 15) is 20.0 Å². The Kier molecular flexibility index (Phi) is 6.65. The number of rotatable bonds is 9. The number of nitro benzene ring substituents is 1. The molecular formula is C15H22N2O4. The molecule has 1 aromatic rings. The van der Waals surface area contributed by atoms with Gasteiger partial charge in [-0.2, -0.15) is 0 Å². The molecule has 0 heterocycles. The van der Waals surface area contributed by atoms with Crippen molar-refractivity contribution in [3.8, 4) is 0 Å². The van der Waals surface area contributed by atoms with Crippen molar-refractivity contribution in [1.82, 2.24) is 0 Å². The molecule has 0 radical (unpaired) electrons. The van der Waals surface area contributed by atoms with E-state index < -0.39 is 10.9 Å². The minimum Gasteiger partial charge on any atom is -0.478 e. The third kappa shape index (κ3) is 4.73. The molecule has 0 spiro atoms. The van der Waals surface area contributed by atoms with Gasteiger partial charge in [0, 0.05) is 12.6 Å². The van der Waals surface area contributed by atoms with Crippen molar-refractivity contribution >= 4 is 17.3 Å². The van der Waals surface area contributed by atoms with Gasteiger partial charge in [0.1, 0.15) is 5.69 Å². The maximum atomic E-state index is 11.2. The van der Waals surface area contributed by atoms with Crippen LogP contribution in [0.5, 0.6) is 0 Å². The Balaban J connectivity index is 2.94. The third-order valence-electron chi connectivity index (χ3n) is 3.58. The summed E-state index contributed by atoms with van der Waals surface area (Å²) in [5.74, 6) is -0.783. The highest BCUT2D eigenvalue weighted by Gasteiger charge is 2.21. The highest BCUT2D eigenvalue weighted by Crippen LogP contribution is 2.29. The molecule has 0 aliphatic rings. The smallest absolute Gasteiger partial charge is 0.338 e. The number of nitro groups is 1. The second kappa shape index (κ2) is 8.24. The van der Waals surface area contributed by atoms with Gasteiger partial charge in [-0.1, -0.05) is 39.2 Å². The van der Waals surface area contributed by atoms with Crippen molar-refractivity contribution in [2.75, 3.05) is 11.9 Å². The highest BCUT2D eigenvalue weighted by molar-refractivity contribution is 5.96. The van der Waals surface area contributed by atoms with E-state index in [2.05, 4.69) is 19.2 Å². The Labute approximate surface area is 124 Å². The summed E-state index contributed by atoms with van der Waals surface area (Å²) < 4.78 is 0. The first-order valence-corrected chi connectivity index (χ1v) is 7.25. The molecule has 21 heavy (non-hydrogen) atoms. The summed E-state index contributed by atoms with van der Waals surface area (Å²) in [6.45, 7) is 4.73. The highest BCUT2D eigenvalue weighted by atomic mass is 16.6. The van der Waals surface area contributed by atoms with Gasteiger partial charge in [0.05, 0.1) is 10.5 Å². The van der Waals surface area contributed by atoms with Crippen LogP contribution in [0.25, 0.3) is 0 Å². The summed E-state index contributed by atoms with van der Waals surface area (Å²) in [7, 11) is 0. The average molecular weight is 294 g/mol. The van der Waals surface area contributed by atoms with Gasteiger partial charge in [-0.05, 0) is 18.4 Å².